The number of rotatable bonds is 9. The van der Waals surface area contributed by atoms with Crippen molar-refractivity contribution in [2.75, 3.05) is 30.2 Å². The first kappa shape index (κ1) is 15.8. The molecule has 0 bridgehead atoms. The Kier molecular flexibility index (Phi) is 6.66. The van der Waals surface area contributed by atoms with Crippen LogP contribution < -0.4 is 14.8 Å². The van der Waals surface area contributed by atoms with Crippen LogP contribution in [0.5, 0.6) is 5.75 Å². The van der Waals surface area contributed by atoms with Crippen LogP contribution in [-0.2, 0) is 10.0 Å². The molecule has 0 radical (unpaired) electrons. The average Bonchev–Trinajstić information content (AvgIpc) is 2.38. The first-order valence-electron chi connectivity index (χ1n) is 6.51. The van der Waals surface area contributed by atoms with E-state index < -0.39 is 10.0 Å². The zero-order valence-electron chi connectivity index (χ0n) is 11.5. The quantitative estimate of drug-likeness (QED) is 0.680. The summed E-state index contributed by atoms with van der Waals surface area (Å²) in [6, 6.07) is 6.93. The van der Waals surface area contributed by atoms with Crippen LogP contribution in [0.2, 0.25) is 0 Å². The molecule has 0 saturated carbocycles. The standard InChI is InChI=1S/C13H22N2O3S/c1-3-10-18-13-7-5-12(6-8-13)15-19(16,17)11-9-14-4-2/h5-8,14-15H,3-4,9-11H2,1-2H3. The number of nitrogens with one attached hydrogen (secondary N) is 2. The van der Waals surface area contributed by atoms with Gasteiger partial charge >= 0.3 is 0 Å². The van der Waals surface area contributed by atoms with E-state index in [1.807, 2.05) is 13.8 Å². The Morgan fingerprint density at radius 1 is 1.16 bits per heavy atom. The van der Waals surface area contributed by atoms with Crippen LogP contribution in [-0.4, -0.2) is 33.9 Å². The molecule has 1 rings (SSSR count). The molecular weight excluding hydrogens is 264 g/mol. The third-order valence-corrected chi connectivity index (χ3v) is 3.69. The van der Waals surface area contributed by atoms with Crippen LogP contribution in [0.25, 0.3) is 0 Å². The van der Waals surface area contributed by atoms with E-state index in [1.165, 1.54) is 0 Å². The fraction of sp³-hybridized carbons (Fsp3) is 0.538. The molecule has 0 spiro atoms. The van der Waals surface area contributed by atoms with Gasteiger partial charge in [-0.25, -0.2) is 8.42 Å². The van der Waals surface area contributed by atoms with Gasteiger partial charge < -0.3 is 10.1 Å². The van der Waals surface area contributed by atoms with Crippen molar-refractivity contribution in [3.8, 4) is 5.75 Å². The lowest BCUT2D eigenvalue weighted by Gasteiger charge is -2.09. The Morgan fingerprint density at radius 3 is 2.42 bits per heavy atom. The van der Waals surface area contributed by atoms with Crippen molar-refractivity contribution in [2.45, 2.75) is 20.3 Å². The van der Waals surface area contributed by atoms with Gasteiger partial charge in [-0.05, 0) is 37.2 Å². The van der Waals surface area contributed by atoms with Gasteiger partial charge in [-0.1, -0.05) is 13.8 Å². The van der Waals surface area contributed by atoms with Crippen LogP contribution in [0, 0.1) is 0 Å². The molecule has 0 saturated heterocycles. The summed E-state index contributed by atoms with van der Waals surface area (Å²) < 4.78 is 31.5. The zero-order chi connectivity index (χ0) is 14.1. The summed E-state index contributed by atoms with van der Waals surface area (Å²) in [4.78, 5) is 0. The lowest BCUT2D eigenvalue weighted by atomic mass is 10.3. The first-order chi connectivity index (χ1) is 9.07. The molecule has 0 atom stereocenters. The molecule has 0 heterocycles. The maximum atomic E-state index is 11.7. The van der Waals surface area contributed by atoms with E-state index in [9.17, 15) is 8.42 Å². The molecular formula is C13H22N2O3S. The van der Waals surface area contributed by atoms with Gasteiger partial charge in [0, 0.05) is 12.2 Å². The Bertz CT molecular complexity index is 457. The van der Waals surface area contributed by atoms with Crippen molar-refractivity contribution in [3.05, 3.63) is 24.3 Å². The van der Waals surface area contributed by atoms with Crippen LogP contribution >= 0.6 is 0 Å². The van der Waals surface area contributed by atoms with Crippen molar-refractivity contribution < 1.29 is 13.2 Å². The number of anilines is 1. The Labute approximate surface area is 115 Å². The van der Waals surface area contributed by atoms with Gasteiger partial charge in [-0.3, -0.25) is 4.72 Å². The lowest BCUT2D eigenvalue weighted by molar-refractivity contribution is 0.317. The summed E-state index contributed by atoms with van der Waals surface area (Å²) in [5.41, 5.74) is 0.556. The van der Waals surface area contributed by atoms with E-state index in [4.69, 9.17) is 4.74 Å². The molecule has 0 aromatic heterocycles. The van der Waals surface area contributed by atoms with Gasteiger partial charge in [-0.2, -0.15) is 0 Å². The summed E-state index contributed by atoms with van der Waals surface area (Å²) in [6.07, 6.45) is 0.943. The highest BCUT2D eigenvalue weighted by atomic mass is 32.2. The van der Waals surface area contributed by atoms with E-state index in [1.54, 1.807) is 24.3 Å². The van der Waals surface area contributed by atoms with E-state index in [2.05, 4.69) is 10.0 Å². The van der Waals surface area contributed by atoms with Crippen LogP contribution in [0.1, 0.15) is 20.3 Å². The molecule has 1 aromatic carbocycles. The number of hydrogen-bond donors (Lipinski definition) is 2. The van der Waals surface area contributed by atoms with E-state index in [-0.39, 0.29) is 5.75 Å². The number of sulfonamides is 1. The van der Waals surface area contributed by atoms with Crippen molar-refractivity contribution in [1.29, 1.82) is 0 Å². The van der Waals surface area contributed by atoms with Gasteiger partial charge in [0.2, 0.25) is 10.0 Å². The molecule has 0 amide bonds. The molecule has 0 aliphatic heterocycles. The highest BCUT2D eigenvalue weighted by molar-refractivity contribution is 7.92. The van der Waals surface area contributed by atoms with E-state index >= 15 is 0 Å². The summed E-state index contributed by atoms with van der Waals surface area (Å²) in [6.45, 7) is 5.85. The number of ether oxygens (including phenoxy) is 1. The topological polar surface area (TPSA) is 67.4 Å². The Hall–Kier alpha value is -1.27. The molecule has 19 heavy (non-hydrogen) atoms. The van der Waals surface area contributed by atoms with Crippen molar-refractivity contribution >= 4 is 15.7 Å². The van der Waals surface area contributed by atoms with E-state index in [0.29, 0.717) is 18.8 Å². The third-order valence-electron chi connectivity index (χ3n) is 2.40. The zero-order valence-corrected chi connectivity index (χ0v) is 12.3. The minimum atomic E-state index is -3.29. The monoisotopic (exact) mass is 286 g/mol. The van der Waals surface area contributed by atoms with Crippen molar-refractivity contribution in [1.82, 2.24) is 5.32 Å². The van der Waals surface area contributed by atoms with Crippen molar-refractivity contribution in [3.63, 3.8) is 0 Å². The smallest absolute Gasteiger partial charge is 0.233 e. The van der Waals surface area contributed by atoms with Gasteiger partial charge in [0.05, 0.1) is 12.4 Å². The lowest BCUT2D eigenvalue weighted by Crippen LogP contribution is -2.26. The number of hydrogen-bond acceptors (Lipinski definition) is 4. The van der Waals surface area contributed by atoms with E-state index in [0.717, 1.165) is 18.7 Å². The van der Waals surface area contributed by atoms with Gasteiger partial charge in [0.15, 0.2) is 0 Å². The molecule has 6 heteroatoms. The highest BCUT2D eigenvalue weighted by Gasteiger charge is 2.09. The maximum absolute atomic E-state index is 11.7. The molecule has 0 aliphatic carbocycles. The van der Waals surface area contributed by atoms with Crippen LogP contribution in [0.4, 0.5) is 5.69 Å². The van der Waals surface area contributed by atoms with Gasteiger partial charge in [0.1, 0.15) is 5.75 Å². The molecule has 1 aromatic rings. The second kappa shape index (κ2) is 8.01. The van der Waals surface area contributed by atoms with Gasteiger partial charge in [0.25, 0.3) is 0 Å². The fourth-order valence-corrected chi connectivity index (χ4v) is 2.46. The van der Waals surface area contributed by atoms with Crippen LogP contribution in [0.3, 0.4) is 0 Å². The first-order valence-corrected chi connectivity index (χ1v) is 8.16. The predicted octanol–water partition coefficient (Wildman–Crippen LogP) is 1.83. The van der Waals surface area contributed by atoms with Crippen molar-refractivity contribution in [2.24, 2.45) is 0 Å². The SMILES string of the molecule is CCCOc1ccc(NS(=O)(=O)CCNCC)cc1. The second-order valence-corrected chi connectivity index (χ2v) is 5.99. The number of benzene rings is 1. The minimum Gasteiger partial charge on any atom is -0.494 e. The largest absolute Gasteiger partial charge is 0.494 e. The summed E-state index contributed by atoms with van der Waals surface area (Å²) in [5.74, 6) is 0.812. The predicted molar refractivity (Wildman–Crippen MR) is 78.2 cm³/mol. The van der Waals surface area contributed by atoms with Gasteiger partial charge in [-0.15, -0.1) is 0 Å². The molecule has 0 unspecified atom stereocenters. The third kappa shape index (κ3) is 6.45. The normalized spacial score (nSPS) is 11.3. The molecule has 108 valence electrons. The summed E-state index contributed by atoms with van der Waals surface area (Å²) in [5, 5.41) is 2.98. The molecule has 5 nitrogen and oxygen atoms in total. The minimum absolute atomic E-state index is 0.0644. The Balaban J connectivity index is 2.52. The van der Waals surface area contributed by atoms with Crippen LogP contribution in [0.15, 0.2) is 24.3 Å². The molecule has 0 aliphatic rings. The second-order valence-electron chi connectivity index (χ2n) is 4.15. The molecule has 0 fully saturated rings. The Morgan fingerprint density at radius 2 is 1.84 bits per heavy atom. The molecule has 2 N–H and O–H groups in total. The fourth-order valence-electron chi connectivity index (χ4n) is 1.45. The maximum Gasteiger partial charge on any atom is 0.233 e. The average molecular weight is 286 g/mol. The summed E-state index contributed by atoms with van der Waals surface area (Å²) >= 11 is 0. The summed E-state index contributed by atoms with van der Waals surface area (Å²) in [7, 11) is -3.29. The highest BCUT2D eigenvalue weighted by Crippen LogP contribution is 2.16.